The van der Waals surface area contributed by atoms with Gasteiger partial charge in [-0.05, 0) is 42.5 Å². The van der Waals surface area contributed by atoms with E-state index in [0.29, 0.717) is 0 Å². The molecular weight excluding hydrogens is 334 g/mol. The van der Waals surface area contributed by atoms with Crippen LogP contribution in [0.2, 0.25) is 0 Å². The first kappa shape index (κ1) is 16.1. The lowest BCUT2D eigenvalue weighted by molar-refractivity contribution is 0.415. The number of benzene rings is 2. The minimum absolute atomic E-state index is 0.743. The molecule has 1 fully saturated rings. The Balaban J connectivity index is 1.68. The van der Waals surface area contributed by atoms with Gasteiger partial charge in [0.25, 0.3) is 0 Å². The summed E-state index contributed by atoms with van der Waals surface area (Å²) in [5.41, 5.74) is 5.26. The zero-order chi connectivity index (χ0) is 18.2. The molecule has 0 spiro atoms. The molecule has 0 N–H and O–H groups in total. The van der Waals surface area contributed by atoms with Crippen molar-refractivity contribution in [1.29, 1.82) is 0 Å². The number of hydrogen-bond donors (Lipinski definition) is 0. The van der Waals surface area contributed by atoms with Crippen LogP contribution in [0.15, 0.2) is 66.9 Å². The van der Waals surface area contributed by atoms with Crippen LogP contribution in [0, 0.1) is 5.92 Å². The van der Waals surface area contributed by atoms with Gasteiger partial charge in [0.1, 0.15) is 11.6 Å². The summed E-state index contributed by atoms with van der Waals surface area (Å²) < 4.78 is 7.74. The quantitative estimate of drug-likeness (QED) is 0.495. The Labute approximate surface area is 158 Å². The molecule has 1 aliphatic carbocycles. The van der Waals surface area contributed by atoms with Crippen molar-refractivity contribution in [2.45, 2.75) is 19.4 Å². The SMILES string of the molecule is COc1cccc(-c2nc3ncc(-c4ccccc4)cc3n2CC2CC2)c1. The second-order valence-electron chi connectivity index (χ2n) is 7.15. The Kier molecular flexibility index (Phi) is 3.89. The molecule has 27 heavy (non-hydrogen) atoms. The third kappa shape index (κ3) is 3.08. The van der Waals surface area contributed by atoms with E-state index >= 15 is 0 Å². The predicted octanol–water partition coefficient (Wildman–Crippen LogP) is 5.18. The average Bonchev–Trinajstić information content (AvgIpc) is 3.48. The molecule has 1 saturated carbocycles. The van der Waals surface area contributed by atoms with Crippen LogP contribution in [0.4, 0.5) is 0 Å². The zero-order valence-electron chi connectivity index (χ0n) is 15.3. The van der Waals surface area contributed by atoms with E-state index in [0.717, 1.165) is 46.3 Å². The van der Waals surface area contributed by atoms with Crippen molar-refractivity contribution in [3.63, 3.8) is 0 Å². The van der Waals surface area contributed by atoms with E-state index in [1.54, 1.807) is 7.11 Å². The van der Waals surface area contributed by atoms with E-state index in [1.807, 2.05) is 30.5 Å². The molecule has 4 heteroatoms. The number of methoxy groups -OCH3 is 1. The molecule has 0 aliphatic heterocycles. The van der Waals surface area contributed by atoms with Crippen molar-refractivity contribution in [3.8, 4) is 28.3 Å². The summed E-state index contributed by atoms with van der Waals surface area (Å²) in [4.78, 5) is 9.54. The largest absolute Gasteiger partial charge is 0.497 e. The van der Waals surface area contributed by atoms with Crippen molar-refractivity contribution in [3.05, 3.63) is 66.9 Å². The first-order chi connectivity index (χ1) is 13.3. The normalized spacial score (nSPS) is 13.8. The molecule has 1 aliphatic rings. The summed E-state index contributed by atoms with van der Waals surface area (Å²) in [7, 11) is 1.69. The monoisotopic (exact) mass is 355 g/mol. The molecule has 2 heterocycles. The third-order valence-electron chi connectivity index (χ3n) is 5.18. The highest BCUT2D eigenvalue weighted by Crippen LogP contribution is 2.35. The fourth-order valence-corrected chi connectivity index (χ4v) is 3.52. The molecule has 0 unspecified atom stereocenters. The van der Waals surface area contributed by atoms with Crippen molar-refractivity contribution < 1.29 is 4.74 Å². The summed E-state index contributed by atoms with van der Waals surface area (Å²) in [5, 5.41) is 0. The van der Waals surface area contributed by atoms with Crippen LogP contribution in [0.25, 0.3) is 33.7 Å². The number of hydrogen-bond acceptors (Lipinski definition) is 3. The van der Waals surface area contributed by atoms with Crippen molar-refractivity contribution in [2.24, 2.45) is 5.92 Å². The van der Waals surface area contributed by atoms with Crippen molar-refractivity contribution in [2.75, 3.05) is 7.11 Å². The van der Waals surface area contributed by atoms with Gasteiger partial charge >= 0.3 is 0 Å². The van der Waals surface area contributed by atoms with E-state index in [4.69, 9.17) is 9.72 Å². The Morgan fingerprint density at radius 1 is 0.963 bits per heavy atom. The standard InChI is InChI=1S/C23H21N3O/c1-27-20-9-5-8-18(12-20)23-25-22-21(26(23)15-16-10-11-16)13-19(14-24-22)17-6-3-2-4-7-17/h2-9,12-14,16H,10-11,15H2,1H3. The van der Waals surface area contributed by atoms with Crippen molar-refractivity contribution in [1.82, 2.24) is 14.5 Å². The highest BCUT2D eigenvalue weighted by atomic mass is 16.5. The molecule has 5 rings (SSSR count). The number of nitrogens with zero attached hydrogens (tertiary/aromatic N) is 3. The summed E-state index contributed by atoms with van der Waals surface area (Å²) in [6.45, 7) is 0.989. The lowest BCUT2D eigenvalue weighted by atomic mass is 10.1. The number of rotatable bonds is 5. The summed E-state index contributed by atoms with van der Waals surface area (Å²) in [6.07, 6.45) is 4.51. The van der Waals surface area contributed by atoms with E-state index < -0.39 is 0 Å². The number of aromatic nitrogens is 3. The smallest absolute Gasteiger partial charge is 0.178 e. The van der Waals surface area contributed by atoms with Crippen molar-refractivity contribution >= 4 is 11.2 Å². The highest BCUT2D eigenvalue weighted by Gasteiger charge is 2.25. The van der Waals surface area contributed by atoms with Gasteiger partial charge in [0.15, 0.2) is 5.65 Å². The van der Waals surface area contributed by atoms with E-state index in [1.165, 1.54) is 18.4 Å². The van der Waals surface area contributed by atoms with Crippen LogP contribution in [0.5, 0.6) is 5.75 Å². The fraction of sp³-hybridized carbons (Fsp3) is 0.217. The van der Waals surface area contributed by atoms with Gasteiger partial charge in [0.05, 0.1) is 12.6 Å². The third-order valence-corrected chi connectivity index (χ3v) is 5.18. The Hall–Kier alpha value is -3.14. The maximum absolute atomic E-state index is 5.41. The maximum atomic E-state index is 5.41. The van der Waals surface area contributed by atoms with Crippen LogP contribution in [0.1, 0.15) is 12.8 Å². The maximum Gasteiger partial charge on any atom is 0.178 e. The molecule has 2 aromatic heterocycles. The number of imidazole rings is 1. The van der Waals surface area contributed by atoms with Gasteiger partial charge in [-0.3, -0.25) is 0 Å². The topological polar surface area (TPSA) is 39.9 Å². The second-order valence-corrected chi connectivity index (χ2v) is 7.15. The average molecular weight is 355 g/mol. The Bertz CT molecular complexity index is 1100. The van der Waals surface area contributed by atoms with Gasteiger partial charge in [0, 0.05) is 23.9 Å². The van der Waals surface area contributed by atoms with Crippen LogP contribution in [-0.2, 0) is 6.54 Å². The van der Waals surface area contributed by atoms with Gasteiger partial charge in [-0.2, -0.15) is 0 Å². The molecule has 0 bridgehead atoms. The first-order valence-electron chi connectivity index (χ1n) is 9.38. The lowest BCUT2D eigenvalue weighted by Crippen LogP contribution is -2.02. The number of fused-ring (bicyclic) bond motifs is 1. The Morgan fingerprint density at radius 3 is 2.56 bits per heavy atom. The van der Waals surface area contributed by atoms with Gasteiger partial charge in [-0.25, -0.2) is 9.97 Å². The van der Waals surface area contributed by atoms with E-state index in [2.05, 4.69) is 45.9 Å². The second kappa shape index (κ2) is 6.54. The molecule has 4 aromatic rings. The molecule has 0 amide bonds. The zero-order valence-corrected chi connectivity index (χ0v) is 15.3. The summed E-state index contributed by atoms with van der Waals surface area (Å²) >= 11 is 0. The molecule has 134 valence electrons. The molecule has 0 saturated heterocycles. The van der Waals surface area contributed by atoms with E-state index in [9.17, 15) is 0 Å². The van der Waals surface area contributed by atoms with Gasteiger partial charge in [0.2, 0.25) is 0 Å². The van der Waals surface area contributed by atoms with Gasteiger partial charge in [-0.15, -0.1) is 0 Å². The van der Waals surface area contributed by atoms with Gasteiger partial charge in [-0.1, -0.05) is 42.5 Å². The minimum atomic E-state index is 0.743. The molecule has 2 aromatic carbocycles. The van der Waals surface area contributed by atoms with Crippen LogP contribution >= 0.6 is 0 Å². The van der Waals surface area contributed by atoms with Crippen LogP contribution in [-0.4, -0.2) is 21.6 Å². The lowest BCUT2D eigenvalue weighted by Gasteiger charge is -2.10. The van der Waals surface area contributed by atoms with Gasteiger partial charge < -0.3 is 9.30 Å². The number of ether oxygens (including phenoxy) is 1. The molecule has 4 nitrogen and oxygen atoms in total. The minimum Gasteiger partial charge on any atom is -0.497 e. The predicted molar refractivity (Wildman–Crippen MR) is 108 cm³/mol. The highest BCUT2D eigenvalue weighted by molar-refractivity contribution is 5.82. The molecule has 0 radical (unpaired) electrons. The summed E-state index contributed by atoms with van der Waals surface area (Å²) in [5.74, 6) is 2.55. The van der Waals surface area contributed by atoms with E-state index in [-0.39, 0.29) is 0 Å². The molecular formula is C23H21N3O. The van der Waals surface area contributed by atoms with Crippen LogP contribution < -0.4 is 4.74 Å². The molecule has 0 atom stereocenters. The Morgan fingerprint density at radius 2 is 1.78 bits per heavy atom. The first-order valence-corrected chi connectivity index (χ1v) is 9.38. The fourth-order valence-electron chi connectivity index (χ4n) is 3.52. The van der Waals surface area contributed by atoms with Crippen LogP contribution in [0.3, 0.4) is 0 Å². The summed E-state index contributed by atoms with van der Waals surface area (Å²) in [6, 6.07) is 20.7. The number of pyridine rings is 1.